The second-order valence-corrected chi connectivity index (χ2v) is 6.36. The summed E-state index contributed by atoms with van der Waals surface area (Å²) in [6.07, 6.45) is 0. The van der Waals surface area contributed by atoms with Crippen LogP contribution >= 0.6 is 0 Å². The van der Waals surface area contributed by atoms with Gasteiger partial charge in [0.05, 0.1) is 19.9 Å². The number of nitrogens with one attached hydrogen (secondary N) is 2. The lowest BCUT2D eigenvalue weighted by Gasteiger charge is -2.17. The lowest BCUT2D eigenvalue weighted by molar-refractivity contribution is -0.116. The van der Waals surface area contributed by atoms with E-state index in [4.69, 9.17) is 9.47 Å². The van der Waals surface area contributed by atoms with Gasteiger partial charge in [-0.05, 0) is 42.3 Å². The number of hydrogen-bond donors (Lipinski definition) is 2. The second-order valence-electron chi connectivity index (χ2n) is 6.36. The third kappa shape index (κ3) is 4.62. The summed E-state index contributed by atoms with van der Waals surface area (Å²) < 4.78 is 10.5. The van der Waals surface area contributed by atoms with Gasteiger partial charge in [-0.2, -0.15) is 0 Å². The summed E-state index contributed by atoms with van der Waals surface area (Å²) in [6.45, 7) is 1.81. The fraction of sp³-hybridized carbons (Fsp3) is 0.174. The smallest absolute Gasteiger partial charge is 0.246 e. The third-order valence-electron chi connectivity index (χ3n) is 4.43. The predicted octanol–water partition coefficient (Wildman–Crippen LogP) is 4.81. The van der Waals surface area contributed by atoms with Gasteiger partial charge in [-0.25, -0.2) is 0 Å². The predicted molar refractivity (Wildman–Crippen MR) is 113 cm³/mol. The van der Waals surface area contributed by atoms with E-state index in [0.29, 0.717) is 17.2 Å². The van der Waals surface area contributed by atoms with Crippen molar-refractivity contribution in [3.05, 3.63) is 72.8 Å². The highest BCUT2D eigenvalue weighted by Crippen LogP contribution is 2.29. The third-order valence-corrected chi connectivity index (χ3v) is 4.43. The minimum absolute atomic E-state index is 0.168. The Hall–Kier alpha value is -3.47. The fourth-order valence-electron chi connectivity index (χ4n) is 2.86. The van der Waals surface area contributed by atoms with Crippen molar-refractivity contribution in [3.63, 3.8) is 0 Å². The Morgan fingerprint density at radius 1 is 0.857 bits per heavy atom. The first-order valence-corrected chi connectivity index (χ1v) is 9.05. The molecule has 0 bridgehead atoms. The molecule has 0 spiro atoms. The zero-order chi connectivity index (χ0) is 19.9. The molecule has 28 heavy (non-hydrogen) atoms. The summed E-state index contributed by atoms with van der Waals surface area (Å²) in [6, 6.07) is 23.0. The van der Waals surface area contributed by atoms with E-state index in [1.807, 2.05) is 49.4 Å². The summed E-state index contributed by atoms with van der Waals surface area (Å²) in [5, 5.41) is 6.11. The molecule has 0 aromatic heterocycles. The maximum absolute atomic E-state index is 12.6. The van der Waals surface area contributed by atoms with E-state index in [1.165, 1.54) is 0 Å². The summed E-state index contributed by atoms with van der Waals surface area (Å²) >= 11 is 0. The number of methoxy groups -OCH3 is 2. The molecule has 0 saturated heterocycles. The van der Waals surface area contributed by atoms with Crippen molar-refractivity contribution in [1.82, 2.24) is 0 Å². The van der Waals surface area contributed by atoms with Crippen molar-refractivity contribution in [3.8, 4) is 22.6 Å². The number of carbonyl (C=O) groups is 1. The number of amides is 1. The highest BCUT2D eigenvalue weighted by atomic mass is 16.5. The van der Waals surface area contributed by atoms with E-state index in [0.717, 1.165) is 16.8 Å². The van der Waals surface area contributed by atoms with Gasteiger partial charge in [0, 0.05) is 11.8 Å². The minimum Gasteiger partial charge on any atom is -0.497 e. The van der Waals surface area contributed by atoms with E-state index in [2.05, 4.69) is 22.8 Å². The number of ether oxygens (including phenoxy) is 2. The number of hydrogen-bond acceptors (Lipinski definition) is 4. The standard InChI is InChI=1S/C23H24N2O3/c1-16(23(26)25-21-15-20(27-2)13-14-22(21)28-3)24-19-11-9-18(10-12-19)17-7-5-4-6-8-17/h4-16,24H,1-3H3,(H,25,26). The molecule has 0 aliphatic heterocycles. The Bertz CT molecular complexity index is 924. The molecule has 144 valence electrons. The van der Waals surface area contributed by atoms with Gasteiger partial charge in [0.25, 0.3) is 0 Å². The molecule has 0 aliphatic carbocycles. The van der Waals surface area contributed by atoms with Gasteiger partial charge < -0.3 is 20.1 Å². The van der Waals surface area contributed by atoms with Crippen LogP contribution in [0.3, 0.4) is 0 Å². The van der Waals surface area contributed by atoms with E-state index in [1.54, 1.807) is 32.4 Å². The molecule has 5 nitrogen and oxygen atoms in total. The Balaban J connectivity index is 1.66. The molecular weight excluding hydrogens is 352 g/mol. The largest absolute Gasteiger partial charge is 0.497 e. The van der Waals surface area contributed by atoms with E-state index in [9.17, 15) is 4.79 Å². The average Bonchev–Trinajstić information content (AvgIpc) is 2.74. The molecule has 0 heterocycles. The fourth-order valence-corrected chi connectivity index (χ4v) is 2.86. The number of rotatable bonds is 7. The molecular formula is C23H24N2O3. The highest BCUT2D eigenvalue weighted by molar-refractivity contribution is 5.97. The molecule has 0 radical (unpaired) electrons. The van der Waals surface area contributed by atoms with Gasteiger partial charge in [-0.1, -0.05) is 42.5 Å². The molecule has 1 atom stereocenters. The van der Waals surface area contributed by atoms with Crippen molar-refractivity contribution < 1.29 is 14.3 Å². The molecule has 0 saturated carbocycles. The van der Waals surface area contributed by atoms with Crippen molar-refractivity contribution in [2.24, 2.45) is 0 Å². The number of benzene rings is 3. The van der Waals surface area contributed by atoms with E-state index >= 15 is 0 Å². The second kappa shape index (κ2) is 8.95. The Morgan fingerprint density at radius 2 is 1.54 bits per heavy atom. The monoisotopic (exact) mass is 376 g/mol. The van der Waals surface area contributed by atoms with E-state index in [-0.39, 0.29) is 5.91 Å². The van der Waals surface area contributed by atoms with Crippen molar-refractivity contribution in [2.75, 3.05) is 24.9 Å². The van der Waals surface area contributed by atoms with Crippen LogP contribution in [-0.4, -0.2) is 26.2 Å². The lowest BCUT2D eigenvalue weighted by atomic mass is 10.1. The van der Waals surface area contributed by atoms with E-state index < -0.39 is 6.04 Å². The summed E-state index contributed by atoms with van der Waals surface area (Å²) in [4.78, 5) is 12.6. The van der Waals surface area contributed by atoms with Crippen LogP contribution in [-0.2, 0) is 4.79 Å². The van der Waals surface area contributed by atoms with Gasteiger partial charge in [0.15, 0.2) is 0 Å². The van der Waals surface area contributed by atoms with Crippen LogP contribution in [0.1, 0.15) is 6.92 Å². The van der Waals surface area contributed by atoms with Crippen molar-refractivity contribution in [1.29, 1.82) is 0 Å². The van der Waals surface area contributed by atoms with Crippen molar-refractivity contribution >= 4 is 17.3 Å². The molecule has 3 aromatic rings. The quantitative estimate of drug-likeness (QED) is 0.621. The SMILES string of the molecule is COc1ccc(OC)c(NC(=O)C(C)Nc2ccc(-c3ccccc3)cc2)c1. The molecule has 5 heteroatoms. The Morgan fingerprint density at radius 3 is 2.18 bits per heavy atom. The van der Waals surface area contributed by atoms with Gasteiger partial charge in [0.1, 0.15) is 17.5 Å². The summed E-state index contributed by atoms with van der Waals surface area (Å²) in [5.41, 5.74) is 3.73. The number of carbonyl (C=O) groups excluding carboxylic acids is 1. The minimum atomic E-state index is -0.432. The van der Waals surface area contributed by atoms with Crippen LogP contribution in [0.5, 0.6) is 11.5 Å². The average molecular weight is 376 g/mol. The van der Waals surface area contributed by atoms with Crippen LogP contribution in [0.4, 0.5) is 11.4 Å². The highest BCUT2D eigenvalue weighted by Gasteiger charge is 2.15. The van der Waals surface area contributed by atoms with Gasteiger partial charge in [-0.3, -0.25) is 4.79 Å². The van der Waals surface area contributed by atoms with Gasteiger partial charge in [0.2, 0.25) is 5.91 Å². The first-order valence-electron chi connectivity index (χ1n) is 9.05. The number of anilines is 2. The van der Waals surface area contributed by atoms with Crippen LogP contribution in [0.2, 0.25) is 0 Å². The molecule has 0 aliphatic rings. The summed E-state index contributed by atoms with van der Waals surface area (Å²) in [5.74, 6) is 1.06. The first-order chi connectivity index (χ1) is 13.6. The normalized spacial score (nSPS) is 11.4. The molecule has 1 amide bonds. The summed E-state index contributed by atoms with van der Waals surface area (Å²) in [7, 11) is 3.14. The van der Waals surface area contributed by atoms with Crippen LogP contribution in [0, 0.1) is 0 Å². The lowest BCUT2D eigenvalue weighted by Crippen LogP contribution is -2.32. The van der Waals surface area contributed by atoms with Gasteiger partial charge >= 0.3 is 0 Å². The molecule has 3 rings (SSSR count). The molecule has 2 N–H and O–H groups in total. The molecule has 1 unspecified atom stereocenters. The van der Waals surface area contributed by atoms with Gasteiger partial charge in [-0.15, -0.1) is 0 Å². The van der Waals surface area contributed by atoms with Crippen LogP contribution in [0.15, 0.2) is 72.8 Å². The maximum atomic E-state index is 12.6. The first kappa shape index (κ1) is 19.3. The molecule has 3 aromatic carbocycles. The maximum Gasteiger partial charge on any atom is 0.246 e. The zero-order valence-electron chi connectivity index (χ0n) is 16.2. The van der Waals surface area contributed by atoms with Crippen molar-refractivity contribution in [2.45, 2.75) is 13.0 Å². The Kier molecular flexibility index (Phi) is 6.17. The topological polar surface area (TPSA) is 59.6 Å². The molecule has 0 fully saturated rings. The zero-order valence-corrected chi connectivity index (χ0v) is 16.2. The van der Waals surface area contributed by atoms with Crippen LogP contribution in [0.25, 0.3) is 11.1 Å². The van der Waals surface area contributed by atoms with Crippen LogP contribution < -0.4 is 20.1 Å². The Labute approximate surface area is 165 Å².